The Morgan fingerprint density at radius 1 is 0.267 bits per heavy atom. The summed E-state index contributed by atoms with van der Waals surface area (Å²) >= 11 is 0. The van der Waals surface area contributed by atoms with Gasteiger partial charge in [0.2, 0.25) is 0 Å². The summed E-state index contributed by atoms with van der Waals surface area (Å²) in [6, 6.07) is 71.9. The number of para-hydroxylation sites is 6. The summed E-state index contributed by atoms with van der Waals surface area (Å²) in [5.74, 6) is 0. The molecular weight excluding hydrogens is 731 g/mol. The minimum Gasteiger partial charge on any atom is -0.309 e. The van der Waals surface area contributed by atoms with Gasteiger partial charge in [-0.2, -0.15) is 0 Å². The minimum absolute atomic E-state index is 0.591. The predicted octanol–water partition coefficient (Wildman–Crippen LogP) is 14.6. The van der Waals surface area contributed by atoms with Gasteiger partial charge in [0.15, 0.2) is 5.69 Å². The van der Waals surface area contributed by atoms with Gasteiger partial charge in [-0.25, -0.2) is 4.85 Å². The minimum atomic E-state index is 0.591. The zero-order chi connectivity index (χ0) is 39.5. The molecule has 0 amide bonds. The Morgan fingerprint density at radius 3 is 0.950 bits per heavy atom. The van der Waals surface area contributed by atoms with Crippen LogP contribution in [0.1, 0.15) is 0 Å². The van der Waals surface area contributed by atoms with Crippen LogP contribution in [0.25, 0.3) is 115 Å². The van der Waals surface area contributed by atoms with E-state index in [0.29, 0.717) is 5.69 Å². The molecule has 5 nitrogen and oxygen atoms in total. The van der Waals surface area contributed by atoms with Crippen LogP contribution in [0, 0.1) is 6.57 Å². The number of benzene rings is 9. The van der Waals surface area contributed by atoms with E-state index in [0.717, 1.165) is 55.6 Å². The molecular formula is C55H33N5. The van der Waals surface area contributed by atoms with Crippen molar-refractivity contribution in [2.45, 2.75) is 0 Å². The number of rotatable bonds is 4. The molecule has 0 aliphatic carbocycles. The van der Waals surface area contributed by atoms with Crippen LogP contribution in [-0.2, 0) is 0 Å². The van der Waals surface area contributed by atoms with Crippen LogP contribution >= 0.6 is 0 Å². The Balaban J connectivity index is 1.16. The van der Waals surface area contributed by atoms with E-state index in [1.54, 1.807) is 0 Å². The van der Waals surface area contributed by atoms with Crippen LogP contribution in [0.15, 0.2) is 200 Å². The van der Waals surface area contributed by atoms with E-state index in [2.05, 4.69) is 217 Å². The van der Waals surface area contributed by atoms with Crippen LogP contribution in [0.4, 0.5) is 5.69 Å². The van der Waals surface area contributed by atoms with Gasteiger partial charge < -0.3 is 18.3 Å². The van der Waals surface area contributed by atoms with Crippen molar-refractivity contribution < 1.29 is 0 Å². The molecule has 0 bridgehead atoms. The second-order valence-electron chi connectivity index (χ2n) is 15.6. The highest BCUT2D eigenvalue weighted by atomic mass is 15.1. The molecule has 0 fully saturated rings. The van der Waals surface area contributed by atoms with Crippen LogP contribution in [0.2, 0.25) is 0 Å². The normalized spacial score (nSPS) is 12.0. The molecule has 0 aliphatic rings. The second-order valence-corrected chi connectivity index (χ2v) is 15.6. The predicted molar refractivity (Wildman–Crippen MR) is 250 cm³/mol. The van der Waals surface area contributed by atoms with E-state index < -0.39 is 0 Å². The highest BCUT2D eigenvalue weighted by Crippen LogP contribution is 2.42. The summed E-state index contributed by atoms with van der Waals surface area (Å²) in [7, 11) is 0. The van der Waals surface area contributed by atoms with Gasteiger partial charge in [-0.15, -0.1) is 0 Å². The highest BCUT2D eigenvalue weighted by Gasteiger charge is 2.22. The third-order valence-corrected chi connectivity index (χ3v) is 12.6. The molecule has 60 heavy (non-hydrogen) atoms. The van der Waals surface area contributed by atoms with E-state index in [9.17, 15) is 0 Å². The lowest BCUT2D eigenvalue weighted by Crippen LogP contribution is -2.03. The van der Waals surface area contributed by atoms with Crippen LogP contribution in [0.3, 0.4) is 0 Å². The summed E-state index contributed by atoms with van der Waals surface area (Å²) in [5, 5.41) is 9.59. The molecule has 0 saturated heterocycles. The molecule has 13 aromatic rings. The van der Waals surface area contributed by atoms with Crippen LogP contribution in [0.5, 0.6) is 0 Å². The first-order valence-electron chi connectivity index (χ1n) is 20.3. The topological polar surface area (TPSA) is 24.1 Å². The van der Waals surface area contributed by atoms with Gasteiger partial charge in [0.25, 0.3) is 0 Å². The molecule has 0 radical (unpaired) electrons. The third-order valence-electron chi connectivity index (χ3n) is 12.6. The van der Waals surface area contributed by atoms with Gasteiger partial charge in [0.1, 0.15) is 0 Å². The van der Waals surface area contributed by atoms with Gasteiger partial charge in [0, 0.05) is 54.5 Å². The standard InChI is InChI=1S/C55H33N5/c1-56-35-26-29-54(59-50-24-12-6-18-42(50)43-19-7-13-25-51(43)59)55(32-35)60-52-30-27-36(57-46-20-8-2-14-38(46)39-15-3-9-21-47(39)57)33-44(52)45-34-37(28-31-53(45)60)58-48-22-10-4-16-40(48)41-17-5-11-23-49(41)58/h2-34H. The molecule has 0 atom stereocenters. The Bertz CT molecular complexity index is 3640. The lowest BCUT2D eigenvalue weighted by molar-refractivity contribution is 1.09. The maximum Gasteiger partial charge on any atom is 0.189 e. The summed E-state index contributed by atoms with van der Waals surface area (Å²) in [5.41, 5.74) is 13.8. The largest absolute Gasteiger partial charge is 0.309 e. The lowest BCUT2D eigenvalue weighted by Gasteiger charge is -2.18. The van der Waals surface area contributed by atoms with Crippen LogP contribution < -0.4 is 0 Å². The van der Waals surface area contributed by atoms with Crippen molar-refractivity contribution in [3.63, 3.8) is 0 Å². The second kappa shape index (κ2) is 12.3. The monoisotopic (exact) mass is 763 g/mol. The molecule has 0 spiro atoms. The molecule has 0 unspecified atom stereocenters. The fraction of sp³-hybridized carbons (Fsp3) is 0. The molecule has 278 valence electrons. The van der Waals surface area contributed by atoms with Gasteiger partial charge in [-0.05, 0) is 84.9 Å². The fourth-order valence-electron chi connectivity index (χ4n) is 10.1. The maximum atomic E-state index is 8.18. The number of aromatic nitrogens is 4. The first-order valence-corrected chi connectivity index (χ1v) is 20.3. The van der Waals surface area contributed by atoms with Crippen molar-refractivity contribution >= 4 is 92.9 Å². The molecule has 13 rings (SSSR count). The van der Waals surface area contributed by atoms with Crippen molar-refractivity contribution in [3.8, 4) is 22.7 Å². The van der Waals surface area contributed by atoms with Gasteiger partial charge in [-0.1, -0.05) is 115 Å². The first kappa shape index (κ1) is 32.7. The van der Waals surface area contributed by atoms with E-state index in [1.165, 1.54) is 54.4 Å². The van der Waals surface area contributed by atoms with E-state index in [1.807, 2.05) is 6.07 Å². The smallest absolute Gasteiger partial charge is 0.189 e. The first-order chi connectivity index (χ1) is 29.7. The summed E-state index contributed by atoms with van der Waals surface area (Å²) in [4.78, 5) is 3.98. The van der Waals surface area contributed by atoms with E-state index >= 15 is 0 Å². The molecule has 4 aromatic heterocycles. The molecule has 9 aromatic carbocycles. The zero-order valence-corrected chi connectivity index (χ0v) is 32.3. The average molecular weight is 764 g/mol. The quantitative estimate of drug-likeness (QED) is 0.159. The highest BCUT2D eigenvalue weighted by molar-refractivity contribution is 6.15. The Hall–Kier alpha value is -8.33. The van der Waals surface area contributed by atoms with E-state index in [-0.39, 0.29) is 0 Å². The molecule has 0 aliphatic heterocycles. The van der Waals surface area contributed by atoms with Gasteiger partial charge in [-0.3, -0.25) is 0 Å². The van der Waals surface area contributed by atoms with Crippen LogP contribution in [-0.4, -0.2) is 18.3 Å². The Kier molecular flexibility index (Phi) is 6.73. The summed E-state index contributed by atoms with van der Waals surface area (Å²) < 4.78 is 9.54. The molecule has 0 saturated carbocycles. The summed E-state index contributed by atoms with van der Waals surface area (Å²) in [6.45, 7) is 8.18. The average Bonchev–Trinajstić information content (AvgIpc) is 4.03. The Morgan fingerprint density at radius 2 is 0.583 bits per heavy atom. The summed E-state index contributed by atoms with van der Waals surface area (Å²) in [6.07, 6.45) is 0. The van der Waals surface area contributed by atoms with E-state index in [4.69, 9.17) is 6.57 Å². The maximum absolute atomic E-state index is 8.18. The van der Waals surface area contributed by atoms with Crippen molar-refractivity contribution in [2.75, 3.05) is 0 Å². The Labute approximate surface area is 344 Å². The fourth-order valence-corrected chi connectivity index (χ4v) is 10.1. The number of nitrogens with zero attached hydrogens (tertiary/aromatic N) is 5. The SMILES string of the molecule is [C-]#[N+]c1ccc(-n2c3ccccc3c3ccccc32)c(-n2c3ccc(-n4c5ccccc5c5ccccc54)cc3c3cc(-n4c5ccccc5c5ccccc54)ccc32)c1. The van der Waals surface area contributed by atoms with Gasteiger partial charge >= 0.3 is 0 Å². The number of fused-ring (bicyclic) bond motifs is 12. The molecule has 4 heterocycles. The van der Waals surface area contributed by atoms with Crippen molar-refractivity contribution in [1.29, 1.82) is 0 Å². The molecule has 5 heteroatoms. The lowest BCUT2D eigenvalue weighted by atomic mass is 10.1. The third kappa shape index (κ3) is 4.45. The van der Waals surface area contributed by atoms with Gasteiger partial charge in [0.05, 0.1) is 62.1 Å². The van der Waals surface area contributed by atoms with Crippen molar-refractivity contribution in [3.05, 3.63) is 212 Å². The van der Waals surface area contributed by atoms with Crippen molar-refractivity contribution in [2.24, 2.45) is 0 Å². The van der Waals surface area contributed by atoms with Crippen molar-refractivity contribution in [1.82, 2.24) is 18.3 Å². The zero-order valence-electron chi connectivity index (χ0n) is 32.3. The number of hydrogen-bond acceptors (Lipinski definition) is 0. The molecule has 0 N–H and O–H groups in total. The number of hydrogen-bond donors (Lipinski definition) is 0.